The summed E-state index contributed by atoms with van der Waals surface area (Å²) in [4.78, 5) is 15.0. The lowest BCUT2D eigenvalue weighted by atomic mass is 9.94. The Hall–Kier alpha value is -2.03. The molecule has 86 valence electrons. The number of benzene rings is 1. The number of halogens is 1. The lowest BCUT2D eigenvalue weighted by Crippen LogP contribution is -2.04. The molecule has 0 bridgehead atoms. The molecule has 1 aromatic carbocycles. The Morgan fingerprint density at radius 1 is 1.12 bits per heavy atom. The number of pyridine rings is 1. The normalized spacial score (nSPS) is 12.1. The second-order valence-corrected chi connectivity index (χ2v) is 3.85. The lowest BCUT2D eigenvalue weighted by Gasteiger charge is -2.10. The molecule has 1 unspecified atom stereocenters. The summed E-state index contributed by atoms with van der Waals surface area (Å²) >= 11 is 0. The smallest absolute Gasteiger partial charge is 0.127 e. The van der Waals surface area contributed by atoms with E-state index in [1.165, 1.54) is 12.1 Å². The van der Waals surface area contributed by atoms with Gasteiger partial charge in [-0.1, -0.05) is 12.1 Å². The van der Waals surface area contributed by atoms with E-state index in [2.05, 4.69) is 4.98 Å². The van der Waals surface area contributed by atoms with E-state index in [9.17, 15) is 9.18 Å². The van der Waals surface area contributed by atoms with E-state index in [0.717, 1.165) is 17.4 Å². The molecule has 3 heteroatoms. The molecule has 0 N–H and O–H groups in total. The van der Waals surface area contributed by atoms with Crippen LogP contribution < -0.4 is 0 Å². The molecule has 2 aromatic rings. The lowest BCUT2D eigenvalue weighted by molar-refractivity contribution is -0.109. The fourth-order valence-electron chi connectivity index (χ4n) is 1.73. The van der Waals surface area contributed by atoms with E-state index < -0.39 is 0 Å². The largest absolute Gasteiger partial charge is 0.303 e. The second-order valence-electron chi connectivity index (χ2n) is 3.85. The molecule has 1 aromatic heterocycles. The molecule has 0 fully saturated rings. The van der Waals surface area contributed by atoms with E-state index in [4.69, 9.17) is 0 Å². The van der Waals surface area contributed by atoms with Gasteiger partial charge in [0.15, 0.2) is 0 Å². The zero-order valence-corrected chi connectivity index (χ0v) is 9.21. The summed E-state index contributed by atoms with van der Waals surface area (Å²) in [6, 6.07) is 9.79. The molecule has 0 aliphatic rings. The van der Waals surface area contributed by atoms with Crippen LogP contribution in [0.25, 0.3) is 0 Å². The van der Waals surface area contributed by atoms with Crippen LogP contribution >= 0.6 is 0 Å². The Morgan fingerprint density at radius 3 is 2.35 bits per heavy atom. The Balaban J connectivity index is 2.17. The number of carbonyl (C=O) groups excluding carboxylic acids is 1. The van der Waals surface area contributed by atoms with Crippen molar-refractivity contribution in [3.63, 3.8) is 0 Å². The van der Waals surface area contributed by atoms with Gasteiger partial charge in [0.1, 0.15) is 12.1 Å². The van der Waals surface area contributed by atoms with Gasteiger partial charge in [-0.3, -0.25) is 4.98 Å². The highest BCUT2D eigenvalue weighted by atomic mass is 19.1. The maximum Gasteiger partial charge on any atom is 0.127 e. The molecule has 0 radical (unpaired) electrons. The average Bonchev–Trinajstić information content (AvgIpc) is 2.38. The van der Waals surface area contributed by atoms with Crippen LogP contribution in [0.5, 0.6) is 0 Å². The van der Waals surface area contributed by atoms with E-state index in [-0.39, 0.29) is 11.7 Å². The number of aromatic nitrogens is 1. The third-order valence-corrected chi connectivity index (χ3v) is 2.67. The predicted molar refractivity (Wildman–Crippen MR) is 63.1 cm³/mol. The Kier molecular flexibility index (Phi) is 3.60. The zero-order valence-electron chi connectivity index (χ0n) is 9.21. The molecule has 0 saturated heterocycles. The summed E-state index contributed by atoms with van der Waals surface area (Å²) in [7, 11) is 0. The van der Waals surface area contributed by atoms with Crippen LogP contribution in [0.2, 0.25) is 0 Å². The highest BCUT2D eigenvalue weighted by Crippen LogP contribution is 2.19. The molecule has 0 aliphatic carbocycles. The summed E-state index contributed by atoms with van der Waals surface area (Å²) in [5.41, 5.74) is 1.87. The van der Waals surface area contributed by atoms with Gasteiger partial charge < -0.3 is 4.79 Å². The van der Waals surface area contributed by atoms with Crippen molar-refractivity contribution in [3.05, 3.63) is 65.7 Å². The van der Waals surface area contributed by atoms with Gasteiger partial charge >= 0.3 is 0 Å². The highest BCUT2D eigenvalue weighted by molar-refractivity contribution is 5.62. The maximum absolute atomic E-state index is 12.8. The van der Waals surface area contributed by atoms with Crippen LogP contribution in [0.3, 0.4) is 0 Å². The average molecular weight is 229 g/mol. The number of aldehydes is 1. The molecular formula is C14H12FNO. The zero-order chi connectivity index (χ0) is 12.1. The van der Waals surface area contributed by atoms with Gasteiger partial charge in [0.05, 0.1) is 0 Å². The number of rotatable bonds is 4. The highest BCUT2D eigenvalue weighted by Gasteiger charge is 2.11. The number of carbonyl (C=O) groups is 1. The Labute approximate surface area is 99.1 Å². The van der Waals surface area contributed by atoms with Crippen LogP contribution in [0, 0.1) is 5.82 Å². The Morgan fingerprint density at radius 2 is 1.76 bits per heavy atom. The van der Waals surface area contributed by atoms with Crippen molar-refractivity contribution >= 4 is 6.29 Å². The van der Waals surface area contributed by atoms with Crippen molar-refractivity contribution in [3.8, 4) is 0 Å². The standard InChI is InChI=1S/C14H12FNO/c15-14-3-1-12(2-4-14)13(10-17)9-11-5-7-16-8-6-11/h1-8,10,13H,9H2. The van der Waals surface area contributed by atoms with Crippen LogP contribution in [-0.4, -0.2) is 11.3 Å². The molecule has 0 aliphatic heterocycles. The molecular weight excluding hydrogens is 217 g/mol. The minimum Gasteiger partial charge on any atom is -0.303 e. The van der Waals surface area contributed by atoms with Gasteiger partial charge in [-0.15, -0.1) is 0 Å². The predicted octanol–water partition coefficient (Wildman–Crippen LogP) is 2.75. The first kappa shape index (κ1) is 11.5. The Bertz CT molecular complexity index is 481. The van der Waals surface area contributed by atoms with Crippen molar-refractivity contribution in [1.82, 2.24) is 4.98 Å². The van der Waals surface area contributed by atoms with E-state index in [1.807, 2.05) is 12.1 Å². The summed E-state index contributed by atoms with van der Waals surface area (Å²) in [5, 5.41) is 0. The van der Waals surface area contributed by atoms with E-state index in [1.54, 1.807) is 24.5 Å². The topological polar surface area (TPSA) is 30.0 Å². The maximum atomic E-state index is 12.8. The molecule has 2 nitrogen and oxygen atoms in total. The van der Waals surface area contributed by atoms with Crippen LogP contribution in [0.4, 0.5) is 4.39 Å². The fourth-order valence-corrected chi connectivity index (χ4v) is 1.73. The van der Waals surface area contributed by atoms with E-state index in [0.29, 0.717) is 6.42 Å². The quantitative estimate of drug-likeness (QED) is 0.754. The van der Waals surface area contributed by atoms with Crippen LogP contribution in [0.1, 0.15) is 17.0 Å². The van der Waals surface area contributed by atoms with Gasteiger partial charge in [-0.05, 0) is 41.8 Å². The fraction of sp³-hybridized carbons (Fsp3) is 0.143. The van der Waals surface area contributed by atoms with Gasteiger partial charge in [0.2, 0.25) is 0 Å². The van der Waals surface area contributed by atoms with Crippen molar-refractivity contribution in [2.45, 2.75) is 12.3 Å². The first-order valence-electron chi connectivity index (χ1n) is 5.39. The van der Waals surface area contributed by atoms with Crippen LogP contribution in [0.15, 0.2) is 48.8 Å². The van der Waals surface area contributed by atoms with Crippen LogP contribution in [-0.2, 0) is 11.2 Å². The van der Waals surface area contributed by atoms with Crippen molar-refractivity contribution < 1.29 is 9.18 Å². The van der Waals surface area contributed by atoms with Gasteiger partial charge in [-0.2, -0.15) is 0 Å². The SMILES string of the molecule is O=CC(Cc1ccncc1)c1ccc(F)cc1. The molecule has 0 amide bonds. The number of nitrogens with zero attached hydrogens (tertiary/aromatic N) is 1. The van der Waals surface area contributed by atoms with Gasteiger partial charge in [0.25, 0.3) is 0 Å². The monoisotopic (exact) mass is 229 g/mol. The molecule has 0 saturated carbocycles. The number of hydrogen-bond acceptors (Lipinski definition) is 2. The molecule has 1 atom stereocenters. The minimum atomic E-state index is -0.290. The van der Waals surface area contributed by atoms with Gasteiger partial charge in [-0.25, -0.2) is 4.39 Å². The molecule has 0 spiro atoms. The summed E-state index contributed by atoms with van der Waals surface area (Å²) in [6.45, 7) is 0. The van der Waals surface area contributed by atoms with Gasteiger partial charge in [0, 0.05) is 18.3 Å². The summed E-state index contributed by atoms with van der Waals surface area (Å²) in [5.74, 6) is -0.527. The first-order chi connectivity index (χ1) is 8.29. The molecule has 1 heterocycles. The van der Waals surface area contributed by atoms with E-state index >= 15 is 0 Å². The van der Waals surface area contributed by atoms with Crippen molar-refractivity contribution in [1.29, 1.82) is 0 Å². The minimum absolute atomic E-state index is 0.238. The summed E-state index contributed by atoms with van der Waals surface area (Å²) < 4.78 is 12.8. The second kappa shape index (κ2) is 5.34. The molecule has 2 rings (SSSR count). The van der Waals surface area contributed by atoms with Crippen molar-refractivity contribution in [2.75, 3.05) is 0 Å². The number of hydrogen-bond donors (Lipinski definition) is 0. The molecule has 17 heavy (non-hydrogen) atoms. The third kappa shape index (κ3) is 2.97. The summed E-state index contributed by atoms with van der Waals surface area (Å²) in [6.07, 6.45) is 4.90. The first-order valence-corrected chi connectivity index (χ1v) is 5.39. The third-order valence-electron chi connectivity index (χ3n) is 2.67. The van der Waals surface area contributed by atoms with Crippen molar-refractivity contribution in [2.24, 2.45) is 0 Å².